The van der Waals surface area contributed by atoms with Crippen molar-refractivity contribution in [3.63, 3.8) is 0 Å². The van der Waals surface area contributed by atoms with Gasteiger partial charge in [-0.25, -0.2) is 4.79 Å². The molecule has 0 spiro atoms. The molecule has 108 valence electrons. The van der Waals surface area contributed by atoms with E-state index < -0.39 is 16.4 Å². The predicted octanol–water partition coefficient (Wildman–Crippen LogP) is 2.58. The van der Waals surface area contributed by atoms with E-state index in [0.29, 0.717) is 18.5 Å². The maximum Gasteiger partial charge on any atom is 0.363 e. The molecule has 1 saturated carbocycles. The lowest BCUT2D eigenvalue weighted by atomic mass is 9.90. The Morgan fingerprint density at radius 3 is 2.40 bits per heavy atom. The van der Waals surface area contributed by atoms with Gasteiger partial charge < -0.3 is 20.5 Å². The summed E-state index contributed by atoms with van der Waals surface area (Å²) < 4.78 is 0. The van der Waals surface area contributed by atoms with Crippen molar-refractivity contribution in [1.29, 1.82) is 0 Å². The minimum atomic E-state index is -0.992. The zero-order chi connectivity index (χ0) is 14.6. The van der Waals surface area contributed by atoms with E-state index >= 15 is 0 Å². The number of nitrogens with one attached hydrogen (secondary N) is 1. The van der Waals surface area contributed by atoms with Crippen LogP contribution in [-0.4, -0.2) is 26.5 Å². The van der Waals surface area contributed by atoms with Crippen LogP contribution in [-0.2, 0) is 4.79 Å². The first-order chi connectivity index (χ1) is 9.53. The molecule has 1 fully saturated rings. The van der Waals surface area contributed by atoms with Crippen LogP contribution in [0.4, 0.5) is 11.5 Å². The molecule has 2 N–H and O–H groups in total. The van der Waals surface area contributed by atoms with Gasteiger partial charge in [0.2, 0.25) is 0 Å². The molecular formula is C13H17N3O4. The summed E-state index contributed by atoms with van der Waals surface area (Å²) in [5.41, 5.74) is -0.492. The Balaban J connectivity index is 2.19. The highest BCUT2D eigenvalue weighted by Gasteiger charge is 2.38. The lowest BCUT2D eigenvalue weighted by molar-refractivity contribution is -0.389. The predicted molar refractivity (Wildman–Crippen MR) is 72.6 cm³/mol. The second kappa shape index (κ2) is 5.85. The van der Waals surface area contributed by atoms with Gasteiger partial charge in [-0.2, -0.15) is 0 Å². The minimum Gasteiger partial charge on any atom is -0.480 e. The van der Waals surface area contributed by atoms with E-state index in [0.717, 1.165) is 25.7 Å². The number of nitrogens with zero attached hydrogens (tertiary/aromatic N) is 2. The summed E-state index contributed by atoms with van der Waals surface area (Å²) >= 11 is 0. The van der Waals surface area contributed by atoms with Crippen LogP contribution in [0.3, 0.4) is 0 Å². The van der Waals surface area contributed by atoms with Crippen molar-refractivity contribution < 1.29 is 14.8 Å². The molecule has 20 heavy (non-hydrogen) atoms. The third-order valence-corrected chi connectivity index (χ3v) is 3.69. The number of nitro groups is 1. The fourth-order valence-corrected chi connectivity index (χ4v) is 2.57. The molecule has 1 aliphatic rings. The summed E-state index contributed by atoms with van der Waals surface area (Å²) in [5, 5.41) is 23.1. The van der Waals surface area contributed by atoms with Gasteiger partial charge in [0, 0.05) is 6.07 Å². The van der Waals surface area contributed by atoms with E-state index in [-0.39, 0.29) is 5.82 Å². The summed E-state index contributed by atoms with van der Waals surface area (Å²) in [6.45, 7) is 0. The quantitative estimate of drug-likeness (QED) is 0.498. The van der Waals surface area contributed by atoms with Crippen molar-refractivity contribution in [2.24, 2.45) is 0 Å². The molecule has 2 rings (SSSR count). The maximum atomic E-state index is 11.6. The van der Waals surface area contributed by atoms with Crippen molar-refractivity contribution in [3.05, 3.63) is 28.4 Å². The summed E-state index contributed by atoms with van der Waals surface area (Å²) in [5.74, 6) is -1.13. The Labute approximate surface area is 116 Å². The zero-order valence-corrected chi connectivity index (χ0v) is 11.0. The van der Waals surface area contributed by atoms with Gasteiger partial charge in [0.05, 0.1) is 5.69 Å². The van der Waals surface area contributed by atoms with Gasteiger partial charge in [0.25, 0.3) is 0 Å². The monoisotopic (exact) mass is 279 g/mol. The van der Waals surface area contributed by atoms with Crippen molar-refractivity contribution >= 4 is 17.5 Å². The number of carboxylic acids is 1. The molecule has 0 radical (unpaired) electrons. The lowest BCUT2D eigenvalue weighted by Gasteiger charge is -2.29. The van der Waals surface area contributed by atoms with Crippen LogP contribution in [0.1, 0.15) is 38.5 Å². The second-order valence-corrected chi connectivity index (χ2v) is 5.09. The third-order valence-electron chi connectivity index (χ3n) is 3.69. The number of hydrogen-bond donors (Lipinski definition) is 2. The van der Waals surface area contributed by atoms with Crippen molar-refractivity contribution in [1.82, 2.24) is 4.98 Å². The average molecular weight is 279 g/mol. The number of aromatic nitrogens is 1. The number of carbonyl (C=O) groups is 1. The van der Waals surface area contributed by atoms with E-state index in [1.807, 2.05) is 0 Å². The normalized spacial score (nSPS) is 18.0. The van der Waals surface area contributed by atoms with E-state index in [4.69, 9.17) is 0 Å². The van der Waals surface area contributed by atoms with Gasteiger partial charge in [-0.15, -0.1) is 0 Å². The van der Waals surface area contributed by atoms with Crippen LogP contribution >= 0.6 is 0 Å². The van der Waals surface area contributed by atoms with Crippen LogP contribution < -0.4 is 5.32 Å². The topological polar surface area (TPSA) is 105 Å². The van der Waals surface area contributed by atoms with Crippen molar-refractivity contribution in [2.75, 3.05) is 5.32 Å². The van der Waals surface area contributed by atoms with Gasteiger partial charge in [0.15, 0.2) is 6.20 Å². The second-order valence-electron chi connectivity index (χ2n) is 5.09. The molecule has 0 bridgehead atoms. The largest absolute Gasteiger partial charge is 0.480 e. The summed E-state index contributed by atoms with van der Waals surface area (Å²) in [4.78, 5) is 25.3. The SMILES string of the molecule is O=C(O)C1(Nc2ccc([N+](=O)[O-])nc2)CCCCCC1. The highest BCUT2D eigenvalue weighted by atomic mass is 16.6. The fourth-order valence-electron chi connectivity index (χ4n) is 2.57. The lowest BCUT2D eigenvalue weighted by Crippen LogP contribution is -2.46. The molecule has 1 aliphatic carbocycles. The van der Waals surface area contributed by atoms with Gasteiger partial charge >= 0.3 is 11.8 Å². The van der Waals surface area contributed by atoms with E-state index in [2.05, 4.69) is 10.3 Å². The first-order valence-electron chi connectivity index (χ1n) is 6.65. The first kappa shape index (κ1) is 14.2. The average Bonchev–Trinajstić information content (AvgIpc) is 2.66. The van der Waals surface area contributed by atoms with E-state index in [1.54, 1.807) is 0 Å². The highest BCUT2D eigenvalue weighted by Crippen LogP contribution is 2.31. The van der Waals surface area contributed by atoms with E-state index in [9.17, 15) is 20.0 Å². The van der Waals surface area contributed by atoms with Gasteiger partial charge in [-0.05, 0) is 28.8 Å². The van der Waals surface area contributed by atoms with Crippen LogP contribution in [0, 0.1) is 10.1 Å². The smallest absolute Gasteiger partial charge is 0.363 e. The van der Waals surface area contributed by atoms with Crippen LogP contribution in [0.5, 0.6) is 0 Å². The molecule has 1 aromatic rings. The molecule has 0 amide bonds. The Hall–Kier alpha value is -2.18. The number of pyridine rings is 1. The maximum absolute atomic E-state index is 11.6. The molecule has 0 atom stereocenters. The third kappa shape index (κ3) is 3.04. The summed E-state index contributed by atoms with van der Waals surface area (Å²) in [6, 6.07) is 2.77. The minimum absolute atomic E-state index is 0.249. The number of rotatable bonds is 4. The Kier molecular flexibility index (Phi) is 4.16. The van der Waals surface area contributed by atoms with Gasteiger partial charge in [-0.3, -0.25) is 0 Å². The molecular weight excluding hydrogens is 262 g/mol. The van der Waals surface area contributed by atoms with Gasteiger partial charge in [-0.1, -0.05) is 25.7 Å². The molecule has 1 heterocycles. The number of anilines is 1. The number of aliphatic carboxylic acids is 1. The first-order valence-corrected chi connectivity index (χ1v) is 6.65. The Morgan fingerprint density at radius 2 is 1.95 bits per heavy atom. The number of carboxylic acid groups (broad SMARTS) is 1. The Morgan fingerprint density at radius 1 is 1.30 bits per heavy atom. The molecule has 7 nitrogen and oxygen atoms in total. The van der Waals surface area contributed by atoms with Crippen LogP contribution in [0.25, 0.3) is 0 Å². The standard InChI is InChI=1S/C13H17N3O4/c17-12(18)13(7-3-1-2-4-8-13)15-10-5-6-11(14-9-10)16(19)20/h5-6,9,15H,1-4,7-8H2,(H,17,18). The van der Waals surface area contributed by atoms with Crippen molar-refractivity contribution in [3.8, 4) is 0 Å². The van der Waals surface area contributed by atoms with Crippen LogP contribution in [0.15, 0.2) is 18.3 Å². The fraction of sp³-hybridized carbons (Fsp3) is 0.538. The van der Waals surface area contributed by atoms with Crippen LogP contribution in [0.2, 0.25) is 0 Å². The molecule has 1 aromatic heterocycles. The Bertz CT molecular complexity index is 493. The number of hydrogen-bond acceptors (Lipinski definition) is 5. The van der Waals surface area contributed by atoms with E-state index in [1.165, 1.54) is 18.3 Å². The molecule has 0 aliphatic heterocycles. The van der Waals surface area contributed by atoms with Crippen molar-refractivity contribution in [2.45, 2.75) is 44.1 Å². The molecule has 0 aromatic carbocycles. The molecule has 0 saturated heterocycles. The zero-order valence-electron chi connectivity index (χ0n) is 11.0. The highest BCUT2D eigenvalue weighted by molar-refractivity contribution is 5.82. The summed E-state index contributed by atoms with van der Waals surface area (Å²) in [6.07, 6.45) is 6.22. The molecule has 7 heteroatoms. The molecule has 0 unspecified atom stereocenters. The summed E-state index contributed by atoms with van der Waals surface area (Å²) in [7, 11) is 0. The van der Waals surface area contributed by atoms with Gasteiger partial charge in [0.1, 0.15) is 5.54 Å².